The summed E-state index contributed by atoms with van der Waals surface area (Å²) in [6.45, 7) is 1.35. The maximum atomic E-state index is 11.0. The van der Waals surface area contributed by atoms with Crippen LogP contribution in [0.5, 0.6) is 5.75 Å². The number of fused-ring (bicyclic) bond motifs is 1. The molecule has 0 radical (unpaired) electrons. The predicted molar refractivity (Wildman–Crippen MR) is 88.9 cm³/mol. The van der Waals surface area contributed by atoms with E-state index in [2.05, 4.69) is 16.0 Å². The highest BCUT2D eigenvalue weighted by Gasteiger charge is 2.24. The number of benzene rings is 1. The first kappa shape index (κ1) is 15.9. The Kier molecular flexibility index (Phi) is 4.38. The SMILES string of the molecule is COc1cc2c(N3CCCC(OC(N)=O)C3)nccc2cc1C#N. The minimum absolute atomic E-state index is 0.242. The van der Waals surface area contributed by atoms with Crippen LogP contribution in [0.15, 0.2) is 24.4 Å². The molecule has 1 atom stereocenters. The topological polar surface area (TPSA) is 101 Å². The van der Waals surface area contributed by atoms with Crippen LogP contribution in [0.4, 0.5) is 10.6 Å². The molecule has 1 aromatic heterocycles. The molecule has 1 aromatic carbocycles. The molecule has 0 bridgehead atoms. The molecule has 0 saturated carbocycles. The van der Waals surface area contributed by atoms with E-state index in [1.54, 1.807) is 12.3 Å². The van der Waals surface area contributed by atoms with Crippen LogP contribution < -0.4 is 15.4 Å². The number of aromatic nitrogens is 1. The number of anilines is 1. The second-order valence-corrected chi connectivity index (χ2v) is 5.67. The fourth-order valence-electron chi connectivity index (χ4n) is 3.09. The third-order valence-electron chi connectivity index (χ3n) is 4.14. The molecule has 1 aliphatic heterocycles. The van der Waals surface area contributed by atoms with Crippen molar-refractivity contribution in [2.24, 2.45) is 5.73 Å². The zero-order valence-electron chi connectivity index (χ0n) is 13.4. The number of piperidine rings is 1. The van der Waals surface area contributed by atoms with Gasteiger partial charge in [-0.15, -0.1) is 0 Å². The van der Waals surface area contributed by atoms with E-state index < -0.39 is 6.09 Å². The summed E-state index contributed by atoms with van der Waals surface area (Å²) in [4.78, 5) is 17.6. The highest BCUT2D eigenvalue weighted by molar-refractivity contribution is 5.94. The van der Waals surface area contributed by atoms with Gasteiger partial charge in [-0.05, 0) is 36.4 Å². The molecule has 0 spiro atoms. The first-order valence-corrected chi connectivity index (χ1v) is 7.70. The van der Waals surface area contributed by atoms with Gasteiger partial charge in [-0.2, -0.15) is 5.26 Å². The third kappa shape index (κ3) is 3.04. The summed E-state index contributed by atoms with van der Waals surface area (Å²) in [5.41, 5.74) is 5.61. The van der Waals surface area contributed by atoms with Crippen LogP contribution in [-0.2, 0) is 4.74 Å². The number of nitrogens with zero attached hydrogens (tertiary/aromatic N) is 3. The van der Waals surface area contributed by atoms with Crippen LogP contribution in [-0.4, -0.2) is 37.4 Å². The van der Waals surface area contributed by atoms with Crippen molar-refractivity contribution < 1.29 is 14.3 Å². The second kappa shape index (κ2) is 6.62. The average molecular weight is 326 g/mol. The molecule has 1 unspecified atom stereocenters. The van der Waals surface area contributed by atoms with Crippen LogP contribution in [0, 0.1) is 11.3 Å². The maximum Gasteiger partial charge on any atom is 0.404 e. The van der Waals surface area contributed by atoms with Gasteiger partial charge in [0.25, 0.3) is 0 Å². The summed E-state index contributed by atoms with van der Waals surface area (Å²) in [6, 6.07) is 7.62. The van der Waals surface area contributed by atoms with Crippen LogP contribution in [0.2, 0.25) is 0 Å². The zero-order chi connectivity index (χ0) is 17.1. The Morgan fingerprint density at radius 1 is 1.50 bits per heavy atom. The lowest BCUT2D eigenvalue weighted by atomic mass is 10.0. The largest absolute Gasteiger partial charge is 0.495 e. The van der Waals surface area contributed by atoms with Gasteiger partial charge in [0.05, 0.1) is 19.2 Å². The molecule has 7 heteroatoms. The molecule has 124 valence electrons. The van der Waals surface area contributed by atoms with Crippen LogP contribution >= 0.6 is 0 Å². The Morgan fingerprint density at radius 3 is 3.04 bits per heavy atom. The normalized spacial score (nSPS) is 17.3. The molecule has 2 N–H and O–H groups in total. The number of hydrogen-bond donors (Lipinski definition) is 1. The standard InChI is InChI=1S/C17H18N4O3/c1-23-15-8-14-11(7-12(15)9-18)4-5-20-16(14)21-6-2-3-13(10-21)24-17(19)22/h4-5,7-8,13H,2-3,6,10H2,1H3,(H2,19,22). The number of amides is 1. The number of pyridine rings is 1. The molecule has 1 aliphatic rings. The Bertz CT molecular complexity index is 815. The predicted octanol–water partition coefficient (Wildman–Crippen LogP) is 2.18. The van der Waals surface area contributed by atoms with Gasteiger partial charge < -0.3 is 20.1 Å². The molecular formula is C17H18N4O3. The van der Waals surface area contributed by atoms with E-state index in [0.717, 1.165) is 36.0 Å². The minimum Gasteiger partial charge on any atom is -0.495 e. The van der Waals surface area contributed by atoms with Gasteiger partial charge in [-0.1, -0.05) is 0 Å². The fraction of sp³-hybridized carbons (Fsp3) is 0.353. The van der Waals surface area contributed by atoms with Gasteiger partial charge in [0, 0.05) is 18.1 Å². The number of nitrogens with two attached hydrogens (primary N) is 1. The first-order valence-electron chi connectivity index (χ1n) is 7.70. The quantitative estimate of drug-likeness (QED) is 0.927. The van der Waals surface area contributed by atoms with Crippen LogP contribution in [0.3, 0.4) is 0 Å². The summed E-state index contributed by atoms with van der Waals surface area (Å²) < 4.78 is 10.4. The second-order valence-electron chi connectivity index (χ2n) is 5.67. The van der Waals surface area contributed by atoms with Crippen molar-refractivity contribution in [3.05, 3.63) is 30.0 Å². The Hall–Kier alpha value is -3.01. The number of nitriles is 1. The van der Waals surface area contributed by atoms with E-state index in [9.17, 15) is 10.1 Å². The van der Waals surface area contributed by atoms with Gasteiger partial charge >= 0.3 is 6.09 Å². The lowest BCUT2D eigenvalue weighted by Gasteiger charge is -2.33. The van der Waals surface area contributed by atoms with Crippen molar-refractivity contribution in [2.45, 2.75) is 18.9 Å². The molecule has 2 aromatic rings. The molecule has 7 nitrogen and oxygen atoms in total. The summed E-state index contributed by atoms with van der Waals surface area (Å²) in [5.74, 6) is 1.30. The lowest BCUT2D eigenvalue weighted by Crippen LogP contribution is -2.41. The molecule has 1 fully saturated rings. The number of hydrogen-bond acceptors (Lipinski definition) is 6. The minimum atomic E-state index is -0.756. The molecule has 0 aliphatic carbocycles. The summed E-state index contributed by atoms with van der Waals surface area (Å²) in [6.07, 6.45) is 2.38. The van der Waals surface area contributed by atoms with Crippen molar-refractivity contribution in [1.82, 2.24) is 4.98 Å². The Morgan fingerprint density at radius 2 is 2.33 bits per heavy atom. The fourth-order valence-corrected chi connectivity index (χ4v) is 3.09. The monoisotopic (exact) mass is 326 g/mol. The molecule has 1 saturated heterocycles. The zero-order valence-corrected chi connectivity index (χ0v) is 13.4. The number of rotatable bonds is 3. The van der Waals surface area contributed by atoms with E-state index in [1.807, 2.05) is 12.1 Å². The van der Waals surface area contributed by atoms with E-state index in [-0.39, 0.29) is 6.10 Å². The van der Waals surface area contributed by atoms with Gasteiger partial charge in [-0.25, -0.2) is 9.78 Å². The number of carbonyl (C=O) groups is 1. The van der Waals surface area contributed by atoms with E-state index in [4.69, 9.17) is 15.2 Å². The molecule has 1 amide bonds. The summed E-state index contributed by atoms with van der Waals surface area (Å²) >= 11 is 0. The summed E-state index contributed by atoms with van der Waals surface area (Å²) in [5, 5.41) is 11.0. The number of methoxy groups -OCH3 is 1. The molecule has 3 rings (SSSR count). The molecular weight excluding hydrogens is 308 g/mol. The lowest BCUT2D eigenvalue weighted by molar-refractivity contribution is 0.0965. The summed E-state index contributed by atoms with van der Waals surface area (Å²) in [7, 11) is 1.54. The Balaban J connectivity index is 2.00. The van der Waals surface area contributed by atoms with E-state index in [1.165, 1.54) is 7.11 Å². The van der Waals surface area contributed by atoms with Crippen molar-refractivity contribution in [3.63, 3.8) is 0 Å². The first-order chi connectivity index (χ1) is 11.6. The van der Waals surface area contributed by atoms with Crippen molar-refractivity contribution in [3.8, 4) is 11.8 Å². The average Bonchev–Trinajstić information content (AvgIpc) is 2.59. The number of ether oxygens (including phenoxy) is 2. The van der Waals surface area contributed by atoms with Crippen molar-refractivity contribution in [2.75, 3.05) is 25.1 Å². The van der Waals surface area contributed by atoms with Gasteiger partial charge in [-0.3, -0.25) is 0 Å². The smallest absolute Gasteiger partial charge is 0.404 e. The van der Waals surface area contributed by atoms with Gasteiger partial charge in [0.2, 0.25) is 0 Å². The molecule has 24 heavy (non-hydrogen) atoms. The van der Waals surface area contributed by atoms with Crippen LogP contribution in [0.1, 0.15) is 18.4 Å². The third-order valence-corrected chi connectivity index (χ3v) is 4.14. The maximum absolute atomic E-state index is 11.0. The highest BCUT2D eigenvalue weighted by Crippen LogP contribution is 2.32. The van der Waals surface area contributed by atoms with Gasteiger partial charge in [0.1, 0.15) is 23.7 Å². The van der Waals surface area contributed by atoms with Gasteiger partial charge in [0.15, 0.2) is 0 Å². The highest BCUT2D eigenvalue weighted by atomic mass is 16.6. The van der Waals surface area contributed by atoms with E-state index >= 15 is 0 Å². The van der Waals surface area contributed by atoms with Crippen molar-refractivity contribution in [1.29, 1.82) is 5.26 Å². The number of primary amides is 1. The Labute approximate surface area is 139 Å². The molecule has 2 heterocycles. The van der Waals surface area contributed by atoms with Crippen LogP contribution in [0.25, 0.3) is 10.8 Å². The van der Waals surface area contributed by atoms with E-state index in [0.29, 0.717) is 17.9 Å². The number of carbonyl (C=O) groups excluding carboxylic acids is 1. The van der Waals surface area contributed by atoms with Crippen molar-refractivity contribution >= 4 is 22.7 Å².